The highest BCUT2D eigenvalue weighted by Crippen LogP contribution is 2.20. The second kappa shape index (κ2) is 4.68. The van der Waals surface area contributed by atoms with Crippen molar-refractivity contribution in [3.8, 4) is 0 Å². The number of hydrogen-bond donors (Lipinski definition) is 1. The van der Waals surface area contributed by atoms with Crippen molar-refractivity contribution in [1.82, 2.24) is 5.32 Å². The zero-order valence-corrected chi connectivity index (χ0v) is 9.35. The lowest BCUT2D eigenvalue weighted by Gasteiger charge is -1.98. The summed E-state index contributed by atoms with van der Waals surface area (Å²) >= 11 is 5.61. The predicted molar refractivity (Wildman–Crippen MR) is 62.9 cm³/mol. The molecule has 0 saturated carbocycles. The van der Waals surface area contributed by atoms with Crippen LogP contribution in [0.3, 0.4) is 0 Å². The molecule has 0 aliphatic rings. The molecule has 0 amide bonds. The Kier molecular flexibility index (Phi) is 3.27. The molecular weight excluding hydrogens is 229 g/mol. The third kappa shape index (κ3) is 2.62. The largest absolute Gasteiger partial charge is 0.460 e. The summed E-state index contributed by atoms with van der Waals surface area (Å²) in [6.07, 6.45) is 0. The van der Waals surface area contributed by atoms with Gasteiger partial charge in [0.15, 0.2) is 0 Å². The van der Waals surface area contributed by atoms with Crippen LogP contribution < -0.4 is 5.32 Å². The third-order valence-electron chi connectivity index (χ3n) is 2.15. The first kappa shape index (κ1) is 11.2. The van der Waals surface area contributed by atoms with Crippen molar-refractivity contribution >= 4 is 22.6 Å². The van der Waals surface area contributed by atoms with E-state index in [0.717, 1.165) is 11.1 Å². The van der Waals surface area contributed by atoms with Gasteiger partial charge in [0.25, 0.3) is 0 Å². The van der Waals surface area contributed by atoms with Crippen molar-refractivity contribution in [2.45, 2.75) is 6.54 Å². The molecule has 1 aromatic carbocycles. The zero-order chi connectivity index (χ0) is 11.5. The minimum Gasteiger partial charge on any atom is -0.460 e. The van der Waals surface area contributed by atoms with Crippen molar-refractivity contribution < 1.29 is 8.81 Å². The lowest BCUT2D eigenvalue weighted by Crippen LogP contribution is -2.13. The summed E-state index contributed by atoms with van der Waals surface area (Å²) in [5.74, 6) is 0.487. The normalized spacial score (nSPS) is 10.9. The number of nitrogens with one attached hydrogen (secondary N) is 1. The average molecular weight is 240 g/mol. The number of fused-ring (bicyclic) bond motifs is 1. The molecule has 2 aromatic rings. The van der Waals surface area contributed by atoms with Crippen LogP contribution in [0.5, 0.6) is 0 Å². The molecule has 1 heterocycles. The lowest BCUT2D eigenvalue weighted by atomic mass is 10.2. The Hall–Kier alpha value is -1.32. The number of benzene rings is 1. The highest BCUT2D eigenvalue weighted by atomic mass is 35.5. The smallest absolute Gasteiger partial charge is 0.134 e. The Balaban J connectivity index is 2.10. The molecule has 0 unspecified atom stereocenters. The van der Waals surface area contributed by atoms with Gasteiger partial charge in [-0.1, -0.05) is 18.2 Å². The fourth-order valence-electron chi connectivity index (χ4n) is 1.48. The van der Waals surface area contributed by atoms with E-state index in [1.165, 1.54) is 12.1 Å². The van der Waals surface area contributed by atoms with Crippen LogP contribution in [0.2, 0.25) is 0 Å². The van der Waals surface area contributed by atoms with Crippen LogP contribution in [0, 0.1) is 5.82 Å². The molecule has 0 bridgehead atoms. The lowest BCUT2D eigenvalue weighted by molar-refractivity contribution is 0.523. The van der Waals surface area contributed by atoms with Gasteiger partial charge in [-0.2, -0.15) is 0 Å². The molecule has 2 rings (SSSR count). The maximum atomic E-state index is 12.9. The quantitative estimate of drug-likeness (QED) is 0.885. The summed E-state index contributed by atoms with van der Waals surface area (Å²) in [5, 5.41) is 4.37. The molecule has 0 radical (unpaired) electrons. The first-order valence-electron chi connectivity index (χ1n) is 4.87. The van der Waals surface area contributed by atoms with E-state index in [9.17, 15) is 4.39 Å². The van der Waals surface area contributed by atoms with Gasteiger partial charge < -0.3 is 9.73 Å². The van der Waals surface area contributed by atoms with Gasteiger partial charge in [0.05, 0.1) is 6.54 Å². The van der Waals surface area contributed by atoms with Crippen molar-refractivity contribution in [2.24, 2.45) is 0 Å². The Morgan fingerprint density at radius 2 is 2.25 bits per heavy atom. The van der Waals surface area contributed by atoms with Crippen LogP contribution >= 0.6 is 11.6 Å². The van der Waals surface area contributed by atoms with E-state index in [1.54, 1.807) is 6.07 Å². The second-order valence-electron chi connectivity index (χ2n) is 3.52. The Bertz CT molecular complexity index is 521. The molecule has 1 N–H and O–H groups in total. The molecule has 16 heavy (non-hydrogen) atoms. The van der Waals surface area contributed by atoms with E-state index >= 15 is 0 Å². The fraction of sp³-hybridized carbons (Fsp3) is 0.167. The molecular formula is C12H11ClFNO. The summed E-state index contributed by atoms with van der Waals surface area (Å²) in [5.41, 5.74) is 0.683. The molecule has 0 saturated heterocycles. The summed E-state index contributed by atoms with van der Waals surface area (Å²) in [4.78, 5) is 0. The molecule has 84 valence electrons. The summed E-state index contributed by atoms with van der Waals surface area (Å²) in [6.45, 7) is 4.63. The molecule has 0 spiro atoms. The van der Waals surface area contributed by atoms with Gasteiger partial charge in [0, 0.05) is 17.0 Å². The molecule has 0 atom stereocenters. The monoisotopic (exact) mass is 239 g/mol. The Morgan fingerprint density at radius 1 is 1.44 bits per heavy atom. The summed E-state index contributed by atoms with van der Waals surface area (Å²) < 4.78 is 18.4. The minimum absolute atomic E-state index is 0.262. The van der Waals surface area contributed by atoms with Gasteiger partial charge in [-0.3, -0.25) is 0 Å². The van der Waals surface area contributed by atoms with Crippen LogP contribution in [-0.4, -0.2) is 6.54 Å². The molecule has 2 nitrogen and oxygen atoms in total. The van der Waals surface area contributed by atoms with E-state index < -0.39 is 0 Å². The van der Waals surface area contributed by atoms with E-state index in [1.807, 2.05) is 6.07 Å². The van der Waals surface area contributed by atoms with E-state index in [2.05, 4.69) is 11.9 Å². The summed E-state index contributed by atoms with van der Waals surface area (Å²) in [7, 11) is 0. The minimum atomic E-state index is -0.262. The SMILES string of the molecule is C=C(Cl)CNCc1cc2cc(F)ccc2o1. The van der Waals surface area contributed by atoms with Crippen LogP contribution in [0.15, 0.2) is 40.3 Å². The van der Waals surface area contributed by atoms with Crippen LogP contribution in [0.25, 0.3) is 11.0 Å². The van der Waals surface area contributed by atoms with E-state index in [0.29, 0.717) is 23.7 Å². The van der Waals surface area contributed by atoms with Crippen LogP contribution in [-0.2, 0) is 6.54 Å². The van der Waals surface area contributed by atoms with Crippen molar-refractivity contribution in [3.63, 3.8) is 0 Å². The number of furan rings is 1. The third-order valence-corrected chi connectivity index (χ3v) is 2.28. The van der Waals surface area contributed by atoms with Crippen molar-refractivity contribution in [1.29, 1.82) is 0 Å². The highest BCUT2D eigenvalue weighted by Gasteiger charge is 2.04. The molecule has 1 aromatic heterocycles. The van der Waals surface area contributed by atoms with E-state index in [4.69, 9.17) is 16.0 Å². The van der Waals surface area contributed by atoms with Crippen LogP contribution in [0.4, 0.5) is 4.39 Å². The number of halogens is 2. The van der Waals surface area contributed by atoms with Crippen molar-refractivity contribution in [2.75, 3.05) is 6.54 Å². The molecule has 0 fully saturated rings. The van der Waals surface area contributed by atoms with Gasteiger partial charge in [0.1, 0.15) is 17.2 Å². The predicted octanol–water partition coefficient (Wildman–Crippen LogP) is 3.41. The number of rotatable bonds is 4. The Morgan fingerprint density at radius 3 is 3.00 bits per heavy atom. The maximum absolute atomic E-state index is 12.9. The first-order chi connectivity index (χ1) is 7.65. The highest BCUT2D eigenvalue weighted by molar-refractivity contribution is 6.29. The van der Waals surface area contributed by atoms with E-state index in [-0.39, 0.29) is 5.82 Å². The summed E-state index contributed by atoms with van der Waals surface area (Å²) in [6, 6.07) is 6.25. The molecule has 0 aliphatic heterocycles. The Labute approximate surface area is 97.7 Å². The van der Waals surface area contributed by atoms with Crippen molar-refractivity contribution in [3.05, 3.63) is 47.5 Å². The molecule has 0 aliphatic carbocycles. The number of hydrogen-bond acceptors (Lipinski definition) is 2. The first-order valence-corrected chi connectivity index (χ1v) is 5.25. The maximum Gasteiger partial charge on any atom is 0.134 e. The molecule has 4 heteroatoms. The van der Waals surface area contributed by atoms with Gasteiger partial charge in [-0.05, 0) is 24.3 Å². The fourth-order valence-corrected chi connectivity index (χ4v) is 1.57. The topological polar surface area (TPSA) is 25.2 Å². The standard InChI is InChI=1S/C12H11ClFNO/c1-8(13)6-15-7-11-5-9-4-10(14)2-3-12(9)16-11/h2-5,15H,1,6-7H2. The zero-order valence-electron chi connectivity index (χ0n) is 8.59. The van der Waals surface area contributed by atoms with Crippen LogP contribution in [0.1, 0.15) is 5.76 Å². The average Bonchev–Trinajstić information content (AvgIpc) is 2.58. The van der Waals surface area contributed by atoms with Gasteiger partial charge in [-0.25, -0.2) is 4.39 Å². The van der Waals surface area contributed by atoms with Gasteiger partial charge in [-0.15, -0.1) is 0 Å². The second-order valence-corrected chi connectivity index (χ2v) is 4.05. The van der Waals surface area contributed by atoms with Gasteiger partial charge in [0.2, 0.25) is 0 Å². The van der Waals surface area contributed by atoms with Gasteiger partial charge >= 0.3 is 0 Å².